The smallest absolute Gasteiger partial charge is 0.319 e. The van der Waals surface area contributed by atoms with Gasteiger partial charge >= 0.3 is 6.03 Å². The lowest BCUT2D eigenvalue weighted by molar-refractivity contribution is 0.0996. The summed E-state index contributed by atoms with van der Waals surface area (Å²) in [4.78, 5) is 26.4. The molecule has 0 atom stereocenters. The molecule has 33 heavy (non-hydrogen) atoms. The van der Waals surface area contributed by atoms with Crippen LogP contribution in [0.1, 0.15) is 41.6 Å². The number of amides is 3. The number of carbonyl (C=O) groups excluding carboxylic acids is 2. The molecule has 4 N–H and O–H groups in total. The van der Waals surface area contributed by atoms with Gasteiger partial charge in [-0.1, -0.05) is 0 Å². The summed E-state index contributed by atoms with van der Waals surface area (Å²) in [6.45, 7) is 2.94. The number of likely N-dealkylation sites (tertiary alicyclic amines) is 1. The molecule has 1 aromatic heterocycles. The third-order valence-electron chi connectivity index (χ3n) is 5.08. The van der Waals surface area contributed by atoms with E-state index in [0.29, 0.717) is 6.54 Å². The Bertz CT molecular complexity index is 1020. The lowest BCUT2D eigenvalue weighted by atomic mass is 10.2. The molecule has 180 valence electrons. The number of urea groups is 1. The topological polar surface area (TPSA) is 110 Å². The molecule has 3 rings (SSSR count). The fraction of sp³-hybridized carbons (Fsp3) is 0.450. The first-order chi connectivity index (χ1) is 15.8. The first-order valence-electron chi connectivity index (χ1n) is 10.3. The van der Waals surface area contributed by atoms with Crippen LogP contribution in [0.4, 0.5) is 23.0 Å². The number of aromatic nitrogens is 1. The SMILES string of the molecule is NC(=O)c1c(OCc2c(F)cc(Br)c(F)c2F)nsc1NC(=O)NCCCCN1CCCC1. The minimum atomic E-state index is -1.43. The van der Waals surface area contributed by atoms with E-state index in [-0.39, 0.29) is 20.9 Å². The number of rotatable bonds is 10. The van der Waals surface area contributed by atoms with Crippen molar-refractivity contribution in [1.29, 1.82) is 0 Å². The standard InChI is InChI=1S/C20H23BrF3N5O3S/c21-12-9-13(22)11(15(23)16(12)24)10-32-18-14(17(25)30)19(33-28-18)27-20(31)26-5-1-2-6-29-7-3-4-8-29/h9H,1-8,10H2,(H2,25,30)(H2,26,27,31). The molecule has 2 aromatic rings. The van der Waals surface area contributed by atoms with E-state index in [2.05, 4.69) is 35.8 Å². The van der Waals surface area contributed by atoms with Gasteiger partial charge in [0.05, 0.1) is 10.0 Å². The van der Waals surface area contributed by atoms with Gasteiger partial charge in [-0.2, -0.15) is 4.37 Å². The second kappa shape index (κ2) is 11.7. The van der Waals surface area contributed by atoms with Crippen molar-refractivity contribution in [3.63, 3.8) is 0 Å². The van der Waals surface area contributed by atoms with Gasteiger partial charge in [0.1, 0.15) is 23.0 Å². The number of primary amides is 1. The number of anilines is 1. The van der Waals surface area contributed by atoms with Crippen molar-refractivity contribution in [2.45, 2.75) is 32.3 Å². The molecule has 8 nitrogen and oxygen atoms in total. The van der Waals surface area contributed by atoms with Gasteiger partial charge in [-0.15, -0.1) is 0 Å². The molecule has 3 amide bonds. The highest BCUT2D eigenvalue weighted by molar-refractivity contribution is 9.10. The summed E-state index contributed by atoms with van der Waals surface area (Å²) in [5.74, 6) is -5.03. The highest BCUT2D eigenvalue weighted by Crippen LogP contribution is 2.32. The minimum Gasteiger partial charge on any atom is -0.471 e. The molecule has 0 bridgehead atoms. The van der Waals surface area contributed by atoms with Crippen molar-refractivity contribution in [3.05, 3.63) is 39.1 Å². The van der Waals surface area contributed by atoms with Gasteiger partial charge in [-0.25, -0.2) is 18.0 Å². The zero-order valence-corrected chi connectivity index (χ0v) is 20.0. The normalized spacial score (nSPS) is 13.8. The Kier molecular flexibility index (Phi) is 8.92. The molecule has 1 aliphatic heterocycles. The monoisotopic (exact) mass is 549 g/mol. The van der Waals surface area contributed by atoms with Crippen molar-refractivity contribution < 1.29 is 27.5 Å². The summed E-state index contributed by atoms with van der Waals surface area (Å²) in [5, 5.41) is 5.19. The maximum absolute atomic E-state index is 14.0. The third kappa shape index (κ3) is 6.58. The Hall–Kier alpha value is -2.38. The molecular formula is C20H23BrF3N5O3S. The van der Waals surface area contributed by atoms with E-state index in [4.69, 9.17) is 10.5 Å². The van der Waals surface area contributed by atoms with Crippen molar-refractivity contribution in [2.75, 3.05) is 31.5 Å². The maximum Gasteiger partial charge on any atom is 0.319 e. The Morgan fingerprint density at radius 3 is 2.64 bits per heavy atom. The molecular weight excluding hydrogens is 527 g/mol. The highest BCUT2D eigenvalue weighted by Gasteiger charge is 2.24. The van der Waals surface area contributed by atoms with E-state index in [1.54, 1.807) is 0 Å². The average molecular weight is 550 g/mol. The Morgan fingerprint density at radius 1 is 1.21 bits per heavy atom. The number of hydrogen-bond donors (Lipinski definition) is 3. The Morgan fingerprint density at radius 2 is 1.94 bits per heavy atom. The molecule has 0 radical (unpaired) electrons. The second-order valence-corrected chi connectivity index (χ2v) is 9.06. The third-order valence-corrected chi connectivity index (χ3v) is 6.40. The van der Waals surface area contributed by atoms with E-state index < -0.39 is 41.6 Å². The molecule has 1 aliphatic rings. The quantitative estimate of drug-likeness (QED) is 0.236. The van der Waals surface area contributed by atoms with Crippen LogP contribution >= 0.6 is 27.5 Å². The van der Waals surface area contributed by atoms with Crippen LogP contribution in [0.3, 0.4) is 0 Å². The average Bonchev–Trinajstić information content (AvgIpc) is 3.42. The summed E-state index contributed by atoms with van der Waals surface area (Å²) in [6, 6.07) is 0.205. The van der Waals surface area contributed by atoms with Gasteiger partial charge in [-0.3, -0.25) is 10.1 Å². The van der Waals surface area contributed by atoms with Crippen LogP contribution in [0.15, 0.2) is 10.5 Å². The second-order valence-electron chi connectivity index (χ2n) is 7.43. The van der Waals surface area contributed by atoms with Gasteiger partial charge in [0.25, 0.3) is 5.91 Å². The largest absolute Gasteiger partial charge is 0.471 e. The summed E-state index contributed by atoms with van der Waals surface area (Å²) in [6.07, 6.45) is 4.21. The number of benzene rings is 1. The zero-order valence-electron chi connectivity index (χ0n) is 17.6. The maximum atomic E-state index is 14.0. The molecule has 1 fully saturated rings. The molecule has 0 saturated carbocycles. The van der Waals surface area contributed by atoms with Crippen LogP contribution in [0.25, 0.3) is 0 Å². The van der Waals surface area contributed by atoms with Gasteiger partial charge in [0.15, 0.2) is 11.6 Å². The van der Waals surface area contributed by atoms with Crippen LogP contribution in [-0.2, 0) is 6.61 Å². The van der Waals surface area contributed by atoms with Gasteiger partial charge in [0, 0.05) is 6.54 Å². The van der Waals surface area contributed by atoms with Crippen LogP contribution in [0.5, 0.6) is 5.88 Å². The van der Waals surface area contributed by atoms with Crippen LogP contribution in [0.2, 0.25) is 0 Å². The fourth-order valence-corrected chi connectivity index (χ4v) is 4.48. The number of nitrogens with one attached hydrogen (secondary N) is 2. The minimum absolute atomic E-state index is 0.0231. The summed E-state index contributed by atoms with van der Waals surface area (Å²) < 4.78 is 50.4. The first kappa shape index (κ1) is 25.2. The van der Waals surface area contributed by atoms with Gasteiger partial charge in [0.2, 0.25) is 5.88 Å². The number of nitrogens with zero attached hydrogens (tertiary/aromatic N) is 2. The molecule has 2 heterocycles. The Balaban J connectivity index is 1.55. The summed E-state index contributed by atoms with van der Waals surface area (Å²) in [7, 11) is 0. The van der Waals surface area contributed by atoms with E-state index in [1.807, 2.05) is 0 Å². The van der Waals surface area contributed by atoms with Crippen LogP contribution in [0, 0.1) is 17.5 Å². The lowest BCUT2D eigenvalue weighted by Gasteiger charge is -2.14. The first-order valence-corrected chi connectivity index (χ1v) is 11.9. The number of ether oxygens (including phenoxy) is 1. The lowest BCUT2D eigenvalue weighted by Crippen LogP contribution is -2.30. The predicted molar refractivity (Wildman–Crippen MR) is 121 cm³/mol. The van der Waals surface area contributed by atoms with E-state index in [0.717, 1.165) is 50.1 Å². The Labute approximate surface area is 200 Å². The van der Waals surface area contributed by atoms with Gasteiger partial charge < -0.3 is 20.7 Å². The molecule has 0 spiro atoms. The number of halogens is 4. The molecule has 0 unspecified atom stereocenters. The highest BCUT2D eigenvalue weighted by atomic mass is 79.9. The van der Waals surface area contributed by atoms with Crippen molar-refractivity contribution in [3.8, 4) is 5.88 Å². The fourth-order valence-electron chi connectivity index (χ4n) is 3.37. The molecule has 13 heteroatoms. The van der Waals surface area contributed by atoms with Crippen molar-refractivity contribution >= 4 is 44.4 Å². The van der Waals surface area contributed by atoms with E-state index in [9.17, 15) is 22.8 Å². The van der Waals surface area contributed by atoms with E-state index >= 15 is 0 Å². The number of nitrogens with two attached hydrogens (primary N) is 1. The molecule has 0 aliphatic carbocycles. The molecule has 1 saturated heterocycles. The number of hydrogen-bond acceptors (Lipinski definition) is 6. The molecule has 1 aromatic carbocycles. The predicted octanol–water partition coefficient (Wildman–Crippen LogP) is 4.00. The van der Waals surface area contributed by atoms with Crippen molar-refractivity contribution in [2.24, 2.45) is 5.73 Å². The van der Waals surface area contributed by atoms with Crippen LogP contribution < -0.4 is 21.1 Å². The summed E-state index contributed by atoms with van der Waals surface area (Å²) >= 11 is 3.43. The number of carbonyl (C=O) groups is 2. The van der Waals surface area contributed by atoms with Gasteiger partial charge in [-0.05, 0) is 78.8 Å². The van der Waals surface area contributed by atoms with Crippen molar-refractivity contribution in [1.82, 2.24) is 14.6 Å². The number of unbranched alkanes of at least 4 members (excludes halogenated alkanes) is 1. The summed E-state index contributed by atoms with van der Waals surface area (Å²) in [5.41, 5.74) is 4.44. The van der Waals surface area contributed by atoms with Crippen LogP contribution in [-0.4, -0.2) is 47.4 Å². The zero-order chi connectivity index (χ0) is 24.0. The van der Waals surface area contributed by atoms with E-state index in [1.165, 1.54) is 12.8 Å².